The first-order valence-electron chi connectivity index (χ1n) is 9.91. The van der Waals surface area contributed by atoms with Gasteiger partial charge in [-0.1, -0.05) is 6.07 Å². The monoisotopic (exact) mass is 423 g/mol. The van der Waals surface area contributed by atoms with E-state index in [9.17, 15) is 4.79 Å². The summed E-state index contributed by atoms with van der Waals surface area (Å²) in [5, 5.41) is 5.89. The molecule has 7 nitrogen and oxygen atoms in total. The number of rotatable bonds is 6. The summed E-state index contributed by atoms with van der Waals surface area (Å²) in [7, 11) is 1.67. The first kappa shape index (κ1) is 20.2. The molecule has 1 N–H and O–H groups in total. The Balaban J connectivity index is 1.30. The Kier molecular flexibility index (Phi) is 6.13. The van der Waals surface area contributed by atoms with Gasteiger partial charge in [0.05, 0.1) is 19.2 Å². The fourth-order valence-electron chi connectivity index (χ4n) is 3.45. The summed E-state index contributed by atoms with van der Waals surface area (Å²) in [5.41, 5.74) is 3.05. The van der Waals surface area contributed by atoms with Crippen LogP contribution in [0.25, 0.3) is 0 Å². The van der Waals surface area contributed by atoms with Crippen LogP contribution in [0.5, 0.6) is 5.75 Å². The highest BCUT2D eigenvalue weighted by Crippen LogP contribution is 2.23. The van der Waals surface area contributed by atoms with E-state index in [1.54, 1.807) is 13.3 Å². The van der Waals surface area contributed by atoms with Gasteiger partial charge < -0.3 is 19.9 Å². The van der Waals surface area contributed by atoms with Crippen LogP contribution in [0.4, 0.5) is 16.6 Å². The third-order valence-corrected chi connectivity index (χ3v) is 5.89. The predicted molar refractivity (Wildman–Crippen MR) is 120 cm³/mol. The molecular weight excluding hydrogens is 398 g/mol. The van der Waals surface area contributed by atoms with E-state index in [0.29, 0.717) is 19.5 Å². The maximum atomic E-state index is 12.7. The van der Waals surface area contributed by atoms with Gasteiger partial charge in [0, 0.05) is 49.5 Å². The minimum absolute atomic E-state index is 0.117. The number of nitrogens with one attached hydrogen (secondary N) is 1. The summed E-state index contributed by atoms with van der Waals surface area (Å²) in [5.74, 6) is 1.72. The molecular formula is C22H25N5O2S. The third-order valence-electron chi connectivity index (χ3n) is 5.09. The van der Waals surface area contributed by atoms with Crippen LogP contribution in [0.3, 0.4) is 0 Å². The van der Waals surface area contributed by atoms with Crippen molar-refractivity contribution in [2.45, 2.75) is 13.3 Å². The number of pyridine rings is 1. The topological polar surface area (TPSA) is 70.6 Å². The molecule has 1 aliphatic rings. The molecule has 0 aliphatic carbocycles. The van der Waals surface area contributed by atoms with E-state index in [1.165, 1.54) is 11.3 Å². The highest BCUT2D eigenvalue weighted by molar-refractivity contribution is 7.13. The number of anilines is 3. The molecule has 8 heteroatoms. The summed E-state index contributed by atoms with van der Waals surface area (Å²) >= 11 is 1.49. The Bertz CT molecular complexity index is 1010. The van der Waals surface area contributed by atoms with E-state index in [0.717, 1.165) is 46.7 Å². The second-order valence-electron chi connectivity index (χ2n) is 7.23. The standard InChI is InChI=1S/C22H25N5O2S/c1-16-6-7-23-20(12-16)25-22-24-17(15-30-22)13-21(28)27-10-8-26(9-11-27)18-4-3-5-19(14-18)29-2/h3-7,12,14-15H,8-11,13H2,1-2H3,(H,23,24,25). The molecule has 0 bridgehead atoms. The number of hydrogen-bond donors (Lipinski definition) is 1. The van der Waals surface area contributed by atoms with E-state index in [4.69, 9.17) is 4.74 Å². The van der Waals surface area contributed by atoms with Crippen molar-refractivity contribution in [2.75, 3.05) is 43.5 Å². The lowest BCUT2D eigenvalue weighted by atomic mass is 10.2. The fourth-order valence-corrected chi connectivity index (χ4v) is 4.16. The molecule has 3 heterocycles. The van der Waals surface area contributed by atoms with Gasteiger partial charge in [0.15, 0.2) is 5.13 Å². The van der Waals surface area contributed by atoms with Crippen molar-refractivity contribution in [3.63, 3.8) is 0 Å². The van der Waals surface area contributed by atoms with Crippen molar-refractivity contribution in [3.05, 3.63) is 59.2 Å². The number of carbonyl (C=O) groups is 1. The summed E-state index contributed by atoms with van der Waals surface area (Å²) < 4.78 is 5.31. The number of aryl methyl sites for hydroxylation is 1. The lowest BCUT2D eigenvalue weighted by Crippen LogP contribution is -2.49. The quantitative estimate of drug-likeness (QED) is 0.655. The molecule has 2 aromatic heterocycles. The van der Waals surface area contributed by atoms with E-state index in [-0.39, 0.29) is 5.91 Å². The number of aromatic nitrogens is 2. The Morgan fingerprint density at radius 3 is 2.80 bits per heavy atom. The predicted octanol–water partition coefficient (Wildman–Crippen LogP) is 3.49. The number of thiazole rings is 1. The zero-order valence-electron chi connectivity index (χ0n) is 17.2. The number of benzene rings is 1. The molecule has 0 spiro atoms. The molecule has 0 saturated carbocycles. The average Bonchev–Trinajstić information content (AvgIpc) is 3.20. The fraction of sp³-hybridized carbons (Fsp3) is 0.318. The van der Waals surface area contributed by atoms with Crippen LogP contribution in [0.2, 0.25) is 0 Å². The largest absolute Gasteiger partial charge is 0.497 e. The van der Waals surface area contributed by atoms with Crippen LogP contribution >= 0.6 is 11.3 Å². The molecule has 156 valence electrons. The van der Waals surface area contributed by atoms with E-state index in [1.807, 2.05) is 47.5 Å². The Labute approximate surface area is 180 Å². The van der Waals surface area contributed by atoms with E-state index in [2.05, 4.69) is 26.3 Å². The first-order chi connectivity index (χ1) is 14.6. The van der Waals surface area contributed by atoms with Gasteiger partial charge in [-0.05, 0) is 36.8 Å². The van der Waals surface area contributed by atoms with Crippen LogP contribution in [0, 0.1) is 6.92 Å². The van der Waals surface area contributed by atoms with Crippen molar-refractivity contribution in [1.82, 2.24) is 14.9 Å². The maximum absolute atomic E-state index is 12.7. The van der Waals surface area contributed by atoms with Crippen molar-refractivity contribution in [1.29, 1.82) is 0 Å². The SMILES string of the molecule is COc1cccc(N2CCN(C(=O)Cc3csc(Nc4cc(C)ccn4)n3)CC2)c1. The van der Waals surface area contributed by atoms with Gasteiger partial charge in [0.2, 0.25) is 5.91 Å². The van der Waals surface area contributed by atoms with Crippen LogP contribution in [0.15, 0.2) is 48.0 Å². The van der Waals surface area contributed by atoms with Crippen molar-refractivity contribution in [3.8, 4) is 5.75 Å². The van der Waals surface area contributed by atoms with Crippen LogP contribution < -0.4 is 15.0 Å². The molecule has 1 fully saturated rings. The molecule has 30 heavy (non-hydrogen) atoms. The third kappa shape index (κ3) is 4.88. The molecule has 0 radical (unpaired) electrons. The number of amides is 1. The zero-order valence-corrected chi connectivity index (χ0v) is 18.0. The molecule has 4 rings (SSSR count). The maximum Gasteiger partial charge on any atom is 0.228 e. The lowest BCUT2D eigenvalue weighted by molar-refractivity contribution is -0.130. The highest BCUT2D eigenvalue weighted by atomic mass is 32.1. The lowest BCUT2D eigenvalue weighted by Gasteiger charge is -2.36. The second kappa shape index (κ2) is 9.13. The molecule has 3 aromatic rings. The van der Waals surface area contributed by atoms with Crippen LogP contribution in [-0.2, 0) is 11.2 Å². The molecule has 1 amide bonds. The van der Waals surface area contributed by atoms with E-state index >= 15 is 0 Å². The van der Waals surface area contributed by atoms with Gasteiger partial charge in [-0.15, -0.1) is 11.3 Å². The molecule has 0 atom stereocenters. The summed E-state index contributed by atoms with van der Waals surface area (Å²) in [6.45, 7) is 5.05. The van der Waals surface area contributed by atoms with Gasteiger partial charge in [-0.3, -0.25) is 4.79 Å². The van der Waals surface area contributed by atoms with Crippen molar-refractivity contribution < 1.29 is 9.53 Å². The van der Waals surface area contributed by atoms with Gasteiger partial charge in [-0.25, -0.2) is 9.97 Å². The first-order valence-corrected chi connectivity index (χ1v) is 10.8. The van der Waals surface area contributed by atoms with Gasteiger partial charge in [-0.2, -0.15) is 0 Å². The number of carbonyl (C=O) groups excluding carboxylic acids is 1. The van der Waals surface area contributed by atoms with Crippen molar-refractivity contribution >= 4 is 33.9 Å². The minimum Gasteiger partial charge on any atom is -0.497 e. The average molecular weight is 424 g/mol. The summed E-state index contributed by atoms with van der Waals surface area (Å²) in [6, 6.07) is 12.0. The Morgan fingerprint density at radius 1 is 1.20 bits per heavy atom. The normalized spacial score (nSPS) is 13.9. The summed E-state index contributed by atoms with van der Waals surface area (Å²) in [4.78, 5) is 25.8. The number of ether oxygens (including phenoxy) is 1. The van der Waals surface area contributed by atoms with Crippen LogP contribution in [0.1, 0.15) is 11.3 Å². The molecule has 1 saturated heterocycles. The van der Waals surface area contributed by atoms with Gasteiger partial charge in [0.25, 0.3) is 0 Å². The Morgan fingerprint density at radius 2 is 2.03 bits per heavy atom. The molecule has 0 unspecified atom stereocenters. The number of nitrogens with zero attached hydrogens (tertiary/aromatic N) is 4. The van der Waals surface area contributed by atoms with Crippen molar-refractivity contribution in [2.24, 2.45) is 0 Å². The zero-order chi connectivity index (χ0) is 20.9. The van der Waals surface area contributed by atoms with Gasteiger partial charge >= 0.3 is 0 Å². The minimum atomic E-state index is 0.117. The number of piperazine rings is 1. The second-order valence-corrected chi connectivity index (χ2v) is 8.09. The van der Waals surface area contributed by atoms with Gasteiger partial charge in [0.1, 0.15) is 11.6 Å². The van der Waals surface area contributed by atoms with Crippen LogP contribution in [-0.4, -0.2) is 54.1 Å². The molecule has 1 aliphatic heterocycles. The number of hydrogen-bond acceptors (Lipinski definition) is 7. The Hall–Kier alpha value is -3.13. The van der Waals surface area contributed by atoms with E-state index < -0.39 is 0 Å². The smallest absolute Gasteiger partial charge is 0.228 e. The number of methoxy groups -OCH3 is 1. The highest BCUT2D eigenvalue weighted by Gasteiger charge is 2.22. The molecule has 1 aromatic carbocycles. The summed E-state index contributed by atoms with van der Waals surface area (Å²) in [6.07, 6.45) is 2.08.